The summed E-state index contributed by atoms with van der Waals surface area (Å²) >= 11 is 0. The molecule has 0 bridgehead atoms. The highest BCUT2D eigenvalue weighted by molar-refractivity contribution is 5.92. The fourth-order valence-corrected chi connectivity index (χ4v) is 3.72. The molecular formula is C24H29N5O2. The fourth-order valence-electron chi connectivity index (χ4n) is 3.72. The first-order valence-corrected chi connectivity index (χ1v) is 10.7. The highest BCUT2D eigenvalue weighted by Crippen LogP contribution is 2.25. The number of aryl methyl sites for hydroxylation is 2. The lowest BCUT2D eigenvalue weighted by atomic mass is 10.1. The SMILES string of the molecule is Cc1ccc(NC(=O)CN2CCN([C@@H](C)c3nnc(-c4ccc(C)cc4)o3)CC2)cc1. The van der Waals surface area contributed by atoms with E-state index in [9.17, 15) is 4.79 Å². The van der Waals surface area contributed by atoms with Crippen molar-refractivity contribution in [3.05, 3.63) is 65.5 Å². The molecule has 0 spiro atoms. The van der Waals surface area contributed by atoms with Crippen molar-refractivity contribution in [2.24, 2.45) is 0 Å². The summed E-state index contributed by atoms with van der Waals surface area (Å²) in [5.41, 5.74) is 4.14. The van der Waals surface area contributed by atoms with Crippen LogP contribution in [0, 0.1) is 13.8 Å². The average Bonchev–Trinajstić information content (AvgIpc) is 3.26. The third-order valence-electron chi connectivity index (χ3n) is 5.75. The number of piperazine rings is 1. The molecule has 162 valence electrons. The third kappa shape index (κ3) is 5.37. The molecule has 2 heterocycles. The standard InChI is InChI=1S/C24H29N5O2/c1-17-4-8-20(9-5-17)24-27-26-23(31-24)19(3)29-14-12-28(13-15-29)16-22(30)25-21-10-6-18(2)7-11-21/h4-11,19H,12-16H2,1-3H3,(H,25,30)/t19-/m0/s1. The van der Waals surface area contributed by atoms with Crippen LogP contribution in [-0.2, 0) is 4.79 Å². The molecule has 0 saturated carbocycles. The number of aromatic nitrogens is 2. The van der Waals surface area contributed by atoms with Crippen molar-refractivity contribution in [2.45, 2.75) is 26.8 Å². The largest absolute Gasteiger partial charge is 0.419 e. The minimum absolute atomic E-state index is 0.0185. The average molecular weight is 420 g/mol. The highest BCUT2D eigenvalue weighted by atomic mass is 16.4. The minimum Gasteiger partial charge on any atom is -0.419 e. The Balaban J connectivity index is 1.28. The van der Waals surface area contributed by atoms with Crippen LogP contribution < -0.4 is 5.32 Å². The lowest BCUT2D eigenvalue weighted by Gasteiger charge is -2.36. The molecule has 7 heteroatoms. The maximum atomic E-state index is 12.4. The van der Waals surface area contributed by atoms with Gasteiger partial charge in [0.25, 0.3) is 0 Å². The van der Waals surface area contributed by atoms with Gasteiger partial charge < -0.3 is 9.73 Å². The second-order valence-corrected chi connectivity index (χ2v) is 8.21. The van der Waals surface area contributed by atoms with E-state index < -0.39 is 0 Å². The van der Waals surface area contributed by atoms with Crippen molar-refractivity contribution < 1.29 is 9.21 Å². The number of anilines is 1. The summed E-state index contributed by atoms with van der Waals surface area (Å²) in [6.07, 6.45) is 0. The van der Waals surface area contributed by atoms with E-state index in [1.165, 1.54) is 11.1 Å². The van der Waals surface area contributed by atoms with Gasteiger partial charge in [-0.2, -0.15) is 0 Å². The molecule has 1 atom stereocenters. The smallest absolute Gasteiger partial charge is 0.247 e. The zero-order valence-electron chi connectivity index (χ0n) is 18.3. The molecule has 1 N–H and O–H groups in total. The Bertz CT molecular complexity index is 1010. The van der Waals surface area contributed by atoms with Crippen LogP contribution >= 0.6 is 0 Å². The van der Waals surface area contributed by atoms with Crippen LogP contribution in [0.1, 0.15) is 30.0 Å². The molecule has 1 aliphatic rings. The number of benzene rings is 2. The molecule has 1 amide bonds. The summed E-state index contributed by atoms with van der Waals surface area (Å²) < 4.78 is 5.95. The van der Waals surface area contributed by atoms with Gasteiger partial charge in [0.1, 0.15) is 0 Å². The van der Waals surface area contributed by atoms with E-state index in [0.29, 0.717) is 18.3 Å². The summed E-state index contributed by atoms with van der Waals surface area (Å²) in [5, 5.41) is 11.5. The van der Waals surface area contributed by atoms with Gasteiger partial charge in [0, 0.05) is 37.4 Å². The van der Waals surface area contributed by atoms with Crippen molar-refractivity contribution in [1.29, 1.82) is 0 Å². The van der Waals surface area contributed by atoms with E-state index in [-0.39, 0.29) is 11.9 Å². The summed E-state index contributed by atoms with van der Waals surface area (Å²) in [6.45, 7) is 9.92. The van der Waals surface area contributed by atoms with Gasteiger partial charge in [-0.1, -0.05) is 35.4 Å². The summed E-state index contributed by atoms with van der Waals surface area (Å²) in [4.78, 5) is 16.9. The number of amides is 1. The molecule has 4 rings (SSSR count). The van der Waals surface area contributed by atoms with Gasteiger partial charge >= 0.3 is 0 Å². The Morgan fingerprint density at radius 1 is 0.968 bits per heavy atom. The second kappa shape index (κ2) is 9.41. The number of nitrogens with one attached hydrogen (secondary N) is 1. The topological polar surface area (TPSA) is 74.5 Å². The van der Waals surface area contributed by atoms with Gasteiger partial charge in [-0.3, -0.25) is 14.6 Å². The van der Waals surface area contributed by atoms with Gasteiger partial charge in [0.05, 0.1) is 12.6 Å². The number of hydrogen-bond acceptors (Lipinski definition) is 6. The Labute approximate surface area is 183 Å². The lowest BCUT2D eigenvalue weighted by Crippen LogP contribution is -2.49. The Kier molecular flexibility index (Phi) is 6.44. The summed E-state index contributed by atoms with van der Waals surface area (Å²) in [6, 6.07) is 16.0. The minimum atomic E-state index is 0.0185. The van der Waals surface area contributed by atoms with Crippen LogP contribution in [0.2, 0.25) is 0 Å². The third-order valence-corrected chi connectivity index (χ3v) is 5.75. The normalized spacial score (nSPS) is 16.2. The van der Waals surface area contributed by atoms with Crippen LogP contribution in [0.5, 0.6) is 0 Å². The Morgan fingerprint density at radius 2 is 1.58 bits per heavy atom. The van der Waals surface area contributed by atoms with Crippen LogP contribution in [0.15, 0.2) is 52.9 Å². The van der Waals surface area contributed by atoms with Crippen LogP contribution in [0.3, 0.4) is 0 Å². The molecule has 0 unspecified atom stereocenters. The van der Waals surface area contributed by atoms with Gasteiger partial charge in [-0.25, -0.2) is 0 Å². The quantitative estimate of drug-likeness (QED) is 0.657. The first-order valence-electron chi connectivity index (χ1n) is 10.7. The van der Waals surface area contributed by atoms with E-state index in [1.54, 1.807) is 0 Å². The number of hydrogen-bond donors (Lipinski definition) is 1. The molecule has 31 heavy (non-hydrogen) atoms. The van der Waals surface area contributed by atoms with Crippen LogP contribution in [0.25, 0.3) is 11.5 Å². The number of nitrogens with zero attached hydrogens (tertiary/aromatic N) is 4. The number of rotatable bonds is 6. The van der Waals surface area contributed by atoms with E-state index in [0.717, 1.165) is 37.4 Å². The van der Waals surface area contributed by atoms with Crippen molar-refractivity contribution >= 4 is 11.6 Å². The van der Waals surface area contributed by atoms with Gasteiger partial charge in [0.2, 0.25) is 17.7 Å². The maximum Gasteiger partial charge on any atom is 0.247 e. The molecule has 1 fully saturated rings. The van der Waals surface area contributed by atoms with Gasteiger partial charge in [-0.05, 0) is 45.0 Å². The van der Waals surface area contributed by atoms with Crippen LogP contribution in [-0.4, -0.2) is 58.6 Å². The van der Waals surface area contributed by atoms with E-state index >= 15 is 0 Å². The molecule has 7 nitrogen and oxygen atoms in total. The maximum absolute atomic E-state index is 12.4. The predicted molar refractivity (Wildman–Crippen MR) is 121 cm³/mol. The second-order valence-electron chi connectivity index (χ2n) is 8.21. The predicted octanol–water partition coefficient (Wildman–Crippen LogP) is 3.67. The van der Waals surface area contributed by atoms with E-state index in [1.807, 2.05) is 55.5 Å². The zero-order chi connectivity index (χ0) is 21.8. The lowest BCUT2D eigenvalue weighted by molar-refractivity contribution is -0.117. The Hall–Kier alpha value is -3.03. The van der Waals surface area contributed by atoms with E-state index in [2.05, 4.69) is 39.2 Å². The van der Waals surface area contributed by atoms with Gasteiger partial charge in [0.15, 0.2) is 0 Å². The summed E-state index contributed by atoms with van der Waals surface area (Å²) in [5.74, 6) is 1.19. The molecule has 1 aliphatic heterocycles. The fraction of sp³-hybridized carbons (Fsp3) is 0.375. The van der Waals surface area contributed by atoms with Crippen molar-refractivity contribution in [1.82, 2.24) is 20.0 Å². The van der Waals surface area contributed by atoms with Crippen molar-refractivity contribution in [3.8, 4) is 11.5 Å². The first-order chi connectivity index (χ1) is 15.0. The molecule has 1 saturated heterocycles. The Morgan fingerprint density at radius 3 is 2.23 bits per heavy atom. The van der Waals surface area contributed by atoms with Gasteiger partial charge in [-0.15, -0.1) is 10.2 Å². The number of carbonyl (C=O) groups is 1. The first kappa shape index (κ1) is 21.2. The van der Waals surface area contributed by atoms with Crippen molar-refractivity contribution in [3.63, 3.8) is 0 Å². The molecule has 0 aliphatic carbocycles. The number of carbonyl (C=O) groups excluding carboxylic acids is 1. The molecule has 2 aromatic carbocycles. The highest BCUT2D eigenvalue weighted by Gasteiger charge is 2.26. The van der Waals surface area contributed by atoms with Crippen molar-refractivity contribution in [2.75, 3.05) is 38.0 Å². The molecule has 1 aromatic heterocycles. The van der Waals surface area contributed by atoms with Crippen LogP contribution in [0.4, 0.5) is 5.69 Å². The monoisotopic (exact) mass is 419 g/mol. The summed E-state index contributed by atoms with van der Waals surface area (Å²) in [7, 11) is 0. The molecule has 0 radical (unpaired) electrons. The molecular weight excluding hydrogens is 390 g/mol. The molecule has 3 aromatic rings. The van der Waals surface area contributed by atoms with E-state index in [4.69, 9.17) is 4.42 Å². The zero-order valence-corrected chi connectivity index (χ0v) is 18.3.